The van der Waals surface area contributed by atoms with Crippen LogP contribution in [0.4, 0.5) is 5.69 Å². The maximum atomic E-state index is 12.6. The smallest absolute Gasteiger partial charge is 0.165 e. The van der Waals surface area contributed by atoms with Crippen LogP contribution < -0.4 is 10.1 Å². The number of methoxy groups -OCH3 is 1. The van der Waals surface area contributed by atoms with E-state index in [1.165, 1.54) is 10.3 Å². The second kappa shape index (κ2) is 7.37. The van der Waals surface area contributed by atoms with E-state index in [2.05, 4.69) is 34.0 Å². The largest absolute Gasteiger partial charge is 0.495 e. The van der Waals surface area contributed by atoms with Crippen LogP contribution in [-0.4, -0.2) is 17.9 Å². The standard InChI is InChI=1S/C22H22N2O2S/c1-3-19(25)16-12-13-27(21-14-23-17-9-5-4-8-15(17)21)22(16)24-18-10-6-7-11-20(18)26-2/h4-14,23-24,27H,3H2,1-2H3. The van der Waals surface area contributed by atoms with E-state index in [4.69, 9.17) is 4.74 Å². The van der Waals surface area contributed by atoms with Crippen molar-refractivity contribution in [3.8, 4) is 5.75 Å². The van der Waals surface area contributed by atoms with Crippen molar-refractivity contribution in [2.75, 3.05) is 12.4 Å². The van der Waals surface area contributed by atoms with Gasteiger partial charge in [0.1, 0.15) is 5.75 Å². The number of ether oxygens (including phenoxy) is 1. The van der Waals surface area contributed by atoms with Gasteiger partial charge in [-0.2, -0.15) is 10.9 Å². The lowest BCUT2D eigenvalue weighted by molar-refractivity contribution is -0.115. The first-order valence-corrected chi connectivity index (χ1v) is 10.3. The van der Waals surface area contributed by atoms with Crippen molar-refractivity contribution in [3.63, 3.8) is 0 Å². The molecule has 1 atom stereocenters. The zero-order valence-electron chi connectivity index (χ0n) is 15.3. The third-order valence-corrected chi connectivity index (χ3v) is 6.87. The fourth-order valence-corrected chi connectivity index (χ4v) is 5.51. The van der Waals surface area contributed by atoms with Gasteiger partial charge in [-0.1, -0.05) is 37.3 Å². The number of aromatic nitrogens is 1. The molecule has 2 N–H and O–H groups in total. The summed E-state index contributed by atoms with van der Waals surface area (Å²) in [6.07, 6.45) is 4.51. The third kappa shape index (κ3) is 3.15. The van der Waals surface area contributed by atoms with Gasteiger partial charge in [0, 0.05) is 34.0 Å². The first-order chi connectivity index (χ1) is 13.2. The Labute approximate surface area is 161 Å². The van der Waals surface area contributed by atoms with E-state index in [0.29, 0.717) is 6.42 Å². The number of ketones is 1. The number of carbonyl (C=O) groups excluding carboxylic acids is 1. The van der Waals surface area contributed by atoms with Gasteiger partial charge >= 0.3 is 0 Å². The summed E-state index contributed by atoms with van der Waals surface area (Å²) in [5, 5.41) is 7.83. The number of benzene rings is 2. The summed E-state index contributed by atoms with van der Waals surface area (Å²) in [4.78, 5) is 17.1. The maximum absolute atomic E-state index is 12.6. The molecule has 1 aliphatic rings. The highest BCUT2D eigenvalue weighted by atomic mass is 32.2. The molecule has 4 rings (SSSR count). The molecule has 1 aromatic heterocycles. The Balaban J connectivity index is 1.81. The number of anilines is 1. The van der Waals surface area contributed by atoms with Crippen LogP contribution in [0.3, 0.4) is 0 Å². The van der Waals surface area contributed by atoms with Crippen LogP contribution in [0.25, 0.3) is 10.9 Å². The second-order valence-corrected chi connectivity index (χ2v) is 8.24. The van der Waals surface area contributed by atoms with Crippen molar-refractivity contribution in [3.05, 3.63) is 76.8 Å². The molecule has 1 unspecified atom stereocenters. The Morgan fingerprint density at radius 1 is 1.15 bits per heavy atom. The molecule has 5 heteroatoms. The Morgan fingerprint density at radius 3 is 2.74 bits per heavy atom. The molecule has 0 aliphatic carbocycles. The van der Waals surface area contributed by atoms with Crippen molar-refractivity contribution in [2.45, 2.75) is 18.2 Å². The summed E-state index contributed by atoms with van der Waals surface area (Å²) in [7, 11) is 0.850. The van der Waals surface area contributed by atoms with Crippen LogP contribution in [0.15, 0.2) is 81.7 Å². The van der Waals surface area contributed by atoms with Crippen LogP contribution in [0.1, 0.15) is 13.3 Å². The Hall–Kier alpha value is -2.92. The summed E-state index contributed by atoms with van der Waals surface area (Å²) >= 11 is 0. The average molecular weight is 378 g/mol. The minimum Gasteiger partial charge on any atom is -0.495 e. The molecule has 0 saturated carbocycles. The molecule has 2 aromatic carbocycles. The number of H-pyrrole nitrogens is 1. The van der Waals surface area contributed by atoms with Crippen molar-refractivity contribution in [1.82, 2.24) is 4.98 Å². The van der Waals surface area contributed by atoms with E-state index in [1.807, 2.05) is 49.4 Å². The van der Waals surface area contributed by atoms with Gasteiger partial charge in [0.25, 0.3) is 0 Å². The number of allylic oxidation sites excluding steroid dienone is 2. The number of Topliss-reactive ketones (excluding diaryl/α,β-unsaturated/α-hetero) is 1. The van der Waals surface area contributed by atoms with Crippen LogP contribution in [0.5, 0.6) is 5.75 Å². The number of thiol groups is 1. The highest BCUT2D eigenvalue weighted by Gasteiger charge is 2.25. The molecule has 0 bridgehead atoms. The number of fused-ring (bicyclic) bond motifs is 1. The first kappa shape index (κ1) is 17.5. The predicted molar refractivity (Wildman–Crippen MR) is 114 cm³/mol. The second-order valence-electron chi connectivity index (χ2n) is 6.27. The zero-order valence-corrected chi connectivity index (χ0v) is 16.2. The lowest BCUT2D eigenvalue weighted by Gasteiger charge is -2.22. The number of carbonyl (C=O) groups is 1. The van der Waals surface area contributed by atoms with Gasteiger partial charge in [-0.25, -0.2) is 0 Å². The predicted octanol–water partition coefficient (Wildman–Crippen LogP) is 5.37. The molecule has 3 aromatic rings. The quantitative estimate of drug-likeness (QED) is 0.506. The number of aromatic amines is 1. The Bertz CT molecular complexity index is 1060. The SMILES string of the molecule is CCC(=O)C1=C(Nc2ccccc2OC)[SH](c2c[nH]c3ccccc23)C=C1. The number of rotatable bonds is 6. The normalized spacial score (nSPS) is 17.5. The van der Waals surface area contributed by atoms with Crippen molar-refractivity contribution >= 4 is 33.3 Å². The minimum atomic E-state index is -0.805. The van der Waals surface area contributed by atoms with E-state index < -0.39 is 10.9 Å². The Kier molecular flexibility index (Phi) is 4.77. The summed E-state index contributed by atoms with van der Waals surface area (Å²) in [5.74, 6) is 0.905. The molecular formula is C22H22N2O2S. The van der Waals surface area contributed by atoms with Gasteiger partial charge in [-0.3, -0.25) is 4.79 Å². The van der Waals surface area contributed by atoms with Crippen LogP contribution in [0, 0.1) is 0 Å². The molecule has 1 aliphatic heterocycles. The Morgan fingerprint density at radius 2 is 1.93 bits per heavy atom. The number of hydrogen-bond acceptors (Lipinski definition) is 3. The van der Waals surface area contributed by atoms with E-state index in [1.54, 1.807) is 7.11 Å². The number of hydrogen-bond donors (Lipinski definition) is 3. The van der Waals surface area contributed by atoms with Crippen LogP contribution >= 0.6 is 10.9 Å². The zero-order chi connectivity index (χ0) is 18.8. The number of nitrogens with one attached hydrogen (secondary N) is 2. The maximum Gasteiger partial charge on any atom is 0.165 e. The molecule has 27 heavy (non-hydrogen) atoms. The van der Waals surface area contributed by atoms with Crippen LogP contribution in [-0.2, 0) is 4.79 Å². The third-order valence-electron chi connectivity index (χ3n) is 4.69. The summed E-state index contributed by atoms with van der Waals surface area (Å²) in [5.41, 5.74) is 2.74. The van der Waals surface area contributed by atoms with Gasteiger partial charge in [0.2, 0.25) is 0 Å². The molecule has 0 amide bonds. The highest BCUT2D eigenvalue weighted by molar-refractivity contribution is 8.23. The van der Waals surface area contributed by atoms with E-state index in [-0.39, 0.29) is 5.78 Å². The van der Waals surface area contributed by atoms with E-state index in [0.717, 1.165) is 27.6 Å². The molecule has 4 nitrogen and oxygen atoms in total. The van der Waals surface area contributed by atoms with E-state index >= 15 is 0 Å². The van der Waals surface area contributed by atoms with Crippen molar-refractivity contribution < 1.29 is 9.53 Å². The van der Waals surface area contributed by atoms with Gasteiger partial charge in [0.05, 0.1) is 17.8 Å². The summed E-state index contributed by atoms with van der Waals surface area (Å²) < 4.78 is 5.48. The van der Waals surface area contributed by atoms with Gasteiger partial charge in [-0.05, 0) is 29.7 Å². The monoisotopic (exact) mass is 378 g/mol. The van der Waals surface area contributed by atoms with Gasteiger partial charge < -0.3 is 15.0 Å². The fourth-order valence-electron chi connectivity index (χ4n) is 3.31. The molecular weight excluding hydrogens is 356 g/mol. The number of para-hydroxylation sites is 3. The van der Waals surface area contributed by atoms with Crippen LogP contribution in [0.2, 0.25) is 0 Å². The first-order valence-electron chi connectivity index (χ1n) is 8.94. The van der Waals surface area contributed by atoms with E-state index in [9.17, 15) is 4.79 Å². The molecule has 0 fully saturated rings. The summed E-state index contributed by atoms with van der Waals surface area (Å²) in [6, 6.07) is 16.1. The van der Waals surface area contributed by atoms with Gasteiger partial charge in [-0.15, -0.1) is 0 Å². The average Bonchev–Trinajstić information content (AvgIpc) is 3.31. The summed E-state index contributed by atoms with van der Waals surface area (Å²) in [6.45, 7) is 1.90. The van der Waals surface area contributed by atoms with Crippen molar-refractivity contribution in [2.24, 2.45) is 0 Å². The lowest BCUT2D eigenvalue weighted by Crippen LogP contribution is -2.07. The lowest BCUT2D eigenvalue weighted by atomic mass is 10.1. The molecule has 0 radical (unpaired) electrons. The molecule has 138 valence electrons. The highest BCUT2D eigenvalue weighted by Crippen LogP contribution is 2.53. The fraction of sp³-hybridized carbons (Fsp3) is 0.136. The van der Waals surface area contributed by atoms with Gasteiger partial charge in [0.15, 0.2) is 5.78 Å². The molecule has 0 spiro atoms. The molecule has 2 heterocycles. The topological polar surface area (TPSA) is 54.1 Å². The van der Waals surface area contributed by atoms with Crippen molar-refractivity contribution in [1.29, 1.82) is 0 Å². The molecule has 0 saturated heterocycles. The minimum absolute atomic E-state index is 0.147.